The number of aliphatic carboxylic acids is 1. The van der Waals surface area contributed by atoms with Crippen LogP contribution in [0.5, 0.6) is 11.8 Å². The highest BCUT2D eigenvalue weighted by molar-refractivity contribution is 5.77. The van der Waals surface area contributed by atoms with E-state index in [1.54, 1.807) is 26.1 Å². The van der Waals surface area contributed by atoms with Gasteiger partial charge in [0.05, 0.1) is 23.7 Å². The van der Waals surface area contributed by atoms with Crippen LogP contribution in [0.1, 0.15) is 54.1 Å². The van der Waals surface area contributed by atoms with Gasteiger partial charge >= 0.3 is 12.1 Å². The van der Waals surface area contributed by atoms with Crippen molar-refractivity contribution in [1.82, 2.24) is 9.97 Å². The van der Waals surface area contributed by atoms with Crippen molar-refractivity contribution in [2.45, 2.75) is 57.9 Å². The van der Waals surface area contributed by atoms with Crippen LogP contribution in [0.25, 0.3) is 11.1 Å². The SMILES string of the molecule is Cc1nc(OCCC(C)(C)O)ccc1-c1cc(COc2cc3c(cn2)C2[C@@H](C3)[C@@H]2C(=O)O)c(F)cc1C(F)(F)F. The average molecular weight is 561 g/mol. The first-order valence-corrected chi connectivity index (χ1v) is 12.8. The molecule has 11 heteroatoms. The fourth-order valence-electron chi connectivity index (χ4n) is 5.33. The van der Waals surface area contributed by atoms with Crippen molar-refractivity contribution in [3.05, 3.63) is 70.3 Å². The Morgan fingerprint density at radius 3 is 2.50 bits per heavy atom. The molecule has 3 aromatic rings. The van der Waals surface area contributed by atoms with Gasteiger partial charge in [-0.25, -0.2) is 14.4 Å². The molecular formula is C29H28F4N2O5. The van der Waals surface area contributed by atoms with E-state index in [0.29, 0.717) is 18.9 Å². The third kappa shape index (κ3) is 5.60. The van der Waals surface area contributed by atoms with Gasteiger partial charge in [0, 0.05) is 47.5 Å². The number of carboxylic acid groups (broad SMARTS) is 1. The molecule has 5 rings (SSSR count). The van der Waals surface area contributed by atoms with Crippen molar-refractivity contribution >= 4 is 5.97 Å². The van der Waals surface area contributed by atoms with Crippen molar-refractivity contribution in [2.24, 2.45) is 11.8 Å². The minimum atomic E-state index is -4.82. The molecule has 0 radical (unpaired) electrons. The number of aryl methyl sites for hydroxylation is 1. The summed E-state index contributed by atoms with van der Waals surface area (Å²) in [6, 6.07) is 6.11. The van der Waals surface area contributed by atoms with Gasteiger partial charge in [0.1, 0.15) is 12.4 Å². The average Bonchev–Trinajstić information content (AvgIpc) is 3.44. The Morgan fingerprint density at radius 1 is 1.10 bits per heavy atom. The number of hydrogen-bond acceptors (Lipinski definition) is 6. The fraction of sp³-hybridized carbons (Fsp3) is 0.414. The number of aromatic nitrogens is 2. The monoisotopic (exact) mass is 560 g/mol. The second-order valence-corrected chi connectivity index (χ2v) is 10.9. The van der Waals surface area contributed by atoms with Crippen LogP contribution in [0.2, 0.25) is 0 Å². The van der Waals surface area contributed by atoms with Gasteiger partial charge in [0.15, 0.2) is 0 Å². The first-order chi connectivity index (χ1) is 18.7. The summed E-state index contributed by atoms with van der Waals surface area (Å²) in [5.41, 5.74) is -0.235. The van der Waals surface area contributed by atoms with Crippen LogP contribution in [0.15, 0.2) is 36.5 Å². The molecule has 40 heavy (non-hydrogen) atoms. The summed E-state index contributed by atoms with van der Waals surface area (Å²) in [7, 11) is 0. The minimum absolute atomic E-state index is 0.0367. The zero-order valence-electron chi connectivity index (χ0n) is 22.1. The Balaban J connectivity index is 1.37. The highest BCUT2D eigenvalue weighted by Gasteiger charge is 2.60. The molecule has 1 unspecified atom stereocenters. The first kappa shape index (κ1) is 27.8. The van der Waals surface area contributed by atoms with E-state index < -0.39 is 35.0 Å². The van der Waals surface area contributed by atoms with Crippen molar-refractivity contribution in [1.29, 1.82) is 0 Å². The van der Waals surface area contributed by atoms with E-state index in [1.807, 2.05) is 0 Å². The van der Waals surface area contributed by atoms with Crippen LogP contribution in [-0.4, -0.2) is 38.4 Å². The molecule has 0 aliphatic heterocycles. The van der Waals surface area contributed by atoms with Gasteiger partial charge in [0.2, 0.25) is 11.8 Å². The standard InChI is InChI=1S/C29H28F4N2O5/c1-14-17(4-5-23(35-14)39-7-6-28(2,3)38)18-9-16(22(30)11-21(18)29(31,32)33)13-40-24-10-15-8-19-25(20(15)12-34-24)26(19)27(36)37/h4-5,9-12,19,25-26,38H,6-8,13H2,1-3H3,(H,36,37)/t19-,25?,26+/m1/s1. The number of carbonyl (C=O) groups is 1. The van der Waals surface area contributed by atoms with Crippen molar-refractivity contribution in [3.63, 3.8) is 0 Å². The summed E-state index contributed by atoms with van der Waals surface area (Å²) in [4.78, 5) is 19.8. The highest BCUT2D eigenvalue weighted by Crippen LogP contribution is 2.61. The Kier molecular flexibility index (Phi) is 6.98. The molecule has 1 aromatic carbocycles. The maximum Gasteiger partial charge on any atom is 0.417 e. The summed E-state index contributed by atoms with van der Waals surface area (Å²) in [6.45, 7) is 4.60. The highest BCUT2D eigenvalue weighted by atomic mass is 19.4. The number of fused-ring (bicyclic) bond motifs is 3. The molecule has 0 amide bonds. The molecule has 0 spiro atoms. The summed E-state index contributed by atoms with van der Waals surface area (Å²) in [5, 5.41) is 19.1. The number of halogens is 4. The molecular weight excluding hydrogens is 532 g/mol. The van der Waals surface area contributed by atoms with E-state index in [-0.39, 0.29) is 59.2 Å². The largest absolute Gasteiger partial charge is 0.481 e. The van der Waals surface area contributed by atoms with Crippen LogP contribution in [-0.2, 0) is 24.0 Å². The number of hydrogen-bond donors (Lipinski definition) is 2. The molecule has 2 aliphatic carbocycles. The third-order valence-corrected chi connectivity index (χ3v) is 7.45. The van der Waals surface area contributed by atoms with Crippen LogP contribution in [0.3, 0.4) is 0 Å². The quantitative estimate of drug-likeness (QED) is 0.324. The van der Waals surface area contributed by atoms with Gasteiger partial charge in [0.25, 0.3) is 0 Å². The number of alkyl halides is 3. The predicted molar refractivity (Wildman–Crippen MR) is 135 cm³/mol. The molecule has 0 bridgehead atoms. The molecule has 7 nitrogen and oxygen atoms in total. The van der Waals surface area contributed by atoms with Gasteiger partial charge in [-0.2, -0.15) is 13.2 Å². The molecule has 3 atom stereocenters. The molecule has 2 heterocycles. The lowest BCUT2D eigenvalue weighted by molar-refractivity contribution is -0.139. The summed E-state index contributed by atoms with van der Waals surface area (Å²) < 4.78 is 67.8. The van der Waals surface area contributed by atoms with E-state index >= 15 is 0 Å². The maximum absolute atomic E-state index is 14.9. The minimum Gasteiger partial charge on any atom is -0.481 e. The fourth-order valence-corrected chi connectivity index (χ4v) is 5.33. The van der Waals surface area contributed by atoms with Gasteiger partial charge in [-0.1, -0.05) is 0 Å². The lowest BCUT2D eigenvalue weighted by Gasteiger charge is -2.18. The molecule has 0 saturated heterocycles. The zero-order chi connectivity index (χ0) is 29.0. The molecule has 1 saturated carbocycles. The van der Waals surface area contributed by atoms with Crippen molar-refractivity contribution < 1.29 is 42.0 Å². The predicted octanol–water partition coefficient (Wildman–Crippen LogP) is 5.70. The summed E-state index contributed by atoms with van der Waals surface area (Å²) in [5.74, 6) is -1.94. The Bertz CT molecular complexity index is 1470. The summed E-state index contributed by atoms with van der Waals surface area (Å²) in [6.07, 6.45) is -2.34. The smallest absolute Gasteiger partial charge is 0.417 e. The topological polar surface area (TPSA) is 102 Å². The summed E-state index contributed by atoms with van der Waals surface area (Å²) >= 11 is 0. The van der Waals surface area contributed by atoms with E-state index in [9.17, 15) is 32.6 Å². The van der Waals surface area contributed by atoms with Crippen LogP contribution in [0.4, 0.5) is 17.6 Å². The molecule has 1 fully saturated rings. The second-order valence-electron chi connectivity index (χ2n) is 10.9. The van der Waals surface area contributed by atoms with Gasteiger partial charge < -0.3 is 19.7 Å². The number of benzene rings is 1. The lowest BCUT2D eigenvalue weighted by Crippen LogP contribution is -2.22. The van der Waals surface area contributed by atoms with Gasteiger partial charge in [-0.15, -0.1) is 0 Å². The Labute approximate surface area is 227 Å². The molecule has 2 aromatic heterocycles. The van der Waals surface area contributed by atoms with Gasteiger partial charge in [-0.3, -0.25) is 4.79 Å². The number of nitrogens with zero attached hydrogens (tertiary/aromatic N) is 2. The number of pyridine rings is 2. The molecule has 212 valence electrons. The van der Waals surface area contributed by atoms with Crippen LogP contribution < -0.4 is 9.47 Å². The van der Waals surface area contributed by atoms with E-state index in [0.717, 1.165) is 17.2 Å². The number of ether oxygens (including phenoxy) is 2. The van der Waals surface area contributed by atoms with Crippen LogP contribution >= 0.6 is 0 Å². The van der Waals surface area contributed by atoms with E-state index in [2.05, 4.69) is 9.97 Å². The lowest BCUT2D eigenvalue weighted by atomic mass is 9.95. The van der Waals surface area contributed by atoms with Gasteiger partial charge in [-0.05, 0) is 68.0 Å². The van der Waals surface area contributed by atoms with Crippen molar-refractivity contribution in [2.75, 3.05) is 6.61 Å². The maximum atomic E-state index is 14.9. The Hall–Kier alpha value is -3.73. The normalized spacial score (nSPS) is 19.6. The van der Waals surface area contributed by atoms with E-state index in [4.69, 9.17) is 9.47 Å². The Morgan fingerprint density at radius 2 is 1.85 bits per heavy atom. The number of carboxylic acids is 1. The first-order valence-electron chi connectivity index (χ1n) is 12.8. The van der Waals surface area contributed by atoms with E-state index in [1.165, 1.54) is 19.1 Å². The number of aliphatic hydroxyl groups is 1. The van der Waals surface area contributed by atoms with Crippen molar-refractivity contribution in [3.8, 4) is 22.9 Å². The van der Waals surface area contributed by atoms with Crippen LogP contribution in [0, 0.1) is 24.6 Å². The zero-order valence-corrected chi connectivity index (χ0v) is 22.1. The molecule has 2 N–H and O–H groups in total. The molecule has 2 aliphatic rings. The second kappa shape index (κ2) is 10.0. The third-order valence-electron chi connectivity index (χ3n) is 7.45. The number of rotatable bonds is 9.